The lowest BCUT2D eigenvalue weighted by Gasteiger charge is -2.19. The number of halogens is 3. The fourth-order valence-corrected chi connectivity index (χ4v) is 2.67. The van der Waals surface area contributed by atoms with Crippen molar-refractivity contribution >= 4 is 23.4 Å². The lowest BCUT2D eigenvalue weighted by Crippen LogP contribution is -2.31. The maximum Gasteiger partial charge on any atom is 0.387 e. The molecule has 0 aliphatic carbocycles. The first kappa shape index (κ1) is 22.4. The Labute approximate surface area is 172 Å². The standard InChI is InChI=1S/C20H21ClF2N2O4/c1-25(12-13-3-8-16(28-2)17(11-13)29-20(22)23)18(26)9-10-24-19(27)14-4-6-15(21)7-5-14/h3-8,11,20H,9-10,12H2,1-2H3,(H,24,27). The van der Waals surface area contributed by atoms with Crippen molar-refractivity contribution in [2.45, 2.75) is 19.6 Å². The number of nitrogens with one attached hydrogen (secondary N) is 1. The van der Waals surface area contributed by atoms with Crippen molar-refractivity contribution in [3.63, 3.8) is 0 Å². The van der Waals surface area contributed by atoms with E-state index >= 15 is 0 Å². The first-order chi connectivity index (χ1) is 13.8. The van der Waals surface area contributed by atoms with Gasteiger partial charge >= 0.3 is 6.61 Å². The Bertz CT molecular complexity index is 847. The normalized spacial score (nSPS) is 10.6. The zero-order chi connectivity index (χ0) is 21.4. The summed E-state index contributed by atoms with van der Waals surface area (Å²) in [6.07, 6.45) is 0.0897. The Kier molecular flexibility index (Phi) is 8.21. The van der Waals surface area contributed by atoms with Gasteiger partial charge in [0.2, 0.25) is 5.91 Å². The first-order valence-electron chi connectivity index (χ1n) is 8.69. The van der Waals surface area contributed by atoms with E-state index in [0.29, 0.717) is 16.1 Å². The van der Waals surface area contributed by atoms with Crippen molar-refractivity contribution in [2.24, 2.45) is 0 Å². The molecule has 0 bridgehead atoms. The van der Waals surface area contributed by atoms with Crippen molar-refractivity contribution in [3.05, 3.63) is 58.6 Å². The molecule has 1 N–H and O–H groups in total. The maximum atomic E-state index is 12.5. The second kappa shape index (κ2) is 10.6. The highest BCUT2D eigenvalue weighted by molar-refractivity contribution is 6.30. The molecule has 29 heavy (non-hydrogen) atoms. The smallest absolute Gasteiger partial charge is 0.387 e. The first-order valence-corrected chi connectivity index (χ1v) is 9.07. The average Bonchev–Trinajstić information content (AvgIpc) is 2.68. The Morgan fingerprint density at radius 3 is 2.45 bits per heavy atom. The molecule has 0 saturated heterocycles. The summed E-state index contributed by atoms with van der Waals surface area (Å²) in [5, 5.41) is 3.19. The number of hydrogen-bond donors (Lipinski definition) is 1. The van der Waals surface area contributed by atoms with E-state index in [2.05, 4.69) is 10.1 Å². The number of benzene rings is 2. The SMILES string of the molecule is COc1ccc(CN(C)C(=O)CCNC(=O)c2ccc(Cl)cc2)cc1OC(F)F. The summed E-state index contributed by atoms with van der Waals surface area (Å²) >= 11 is 5.78. The molecule has 2 aromatic rings. The number of rotatable bonds is 9. The van der Waals surface area contributed by atoms with Crippen LogP contribution in [0.25, 0.3) is 0 Å². The van der Waals surface area contributed by atoms with Crippen LogP contribution in [0, 0.1) is 0 Å². The average molecular weight is 427 g/mol. The van der Waals surface area contributed by atoms with Crippen LogP contribution in [0.15, 0.2) is 42.5 Å². The minimum absolute atomic E-state index is 0.0897. The van der Waals surface area contributed by atoms with Crippen molar-refractivity contribution in [1.29, 1.82) is 0 Å². The summed E-state index contributed by atoms with van der Waals surface area (Å²) in [6, 6.07) is 11.0. The van der Waals surface area contributed by atoms with Gasteiger partial charge < -0.3 is 19.7 Å². The summed E-state index contributed by atoms with van der Waals surface area (Å²) in [5.74, 6) is -0.446. The van der Waals surface area contributed by atoms with Crippen LogP contribution in [0.2, 0.25) is 5.02 Å². The third-order valence-corrected chi connectivity index (χ3v) is 4.27. The van der Waals surface area contributed by atoms with Crippen LogP contribution in [0.1, 0.15) is 22.3 Å². The van der Waals surface area contributed by atoms with Gasteiger partial charge in [-0.25, -0.2) is 0 Å². The number of carbonyl (C=O) groups is 2. The van der Waals surface area contributed by atoms with E-state index < -0.39 is 6.61 Å². The summed E-state index contributed by atoms with van der Waals surface area (Å²) in [5.41, 5.74) is 1.04. The Hall–Kier alpha value is -2.87. The predicted octanol–water partition coefficient (Wildman–Crippen LogP) is 3.73. The second-order valence-corrected chi connectivity index (χ2v) is 6.56. The van der Waals surface area contributed by atoms with Gasteiger partial charge in [-0.05, 0) is 42.0 Å². The van der Waals surface area contributed by atoms with Gasteiger partial charge in [-0.1, -0.05) is 17.7 Å². The molecule has 0 aliphatic heterocycles. The van der Waals surface area contributed by atoms with Gasteiger partial charge in [-0.2, -0.15) is 8.78 Å². The fraction of sp³-hybridized carbons (Fsp3) is 0.300. The highest BCUT2D eigenvalue weighted by Gasteiger charge is 2.14. The number of carbonyl (C=O) groups excluding carboxylic acids is 2. The van der Waals surface area contributed by atoms with Crippen LogP contribution in [-0.2, 0) is 11.3 Å². The Balaban J connectivity index is 1.87. The Morgan fingerprint density at radius 2 is 1.83 bits per heavy atom. The largest absolute Gasteiger partial charge is 0.493 e. The number of methoxy groups -OCH3 is 1. The zero-order valence-corrected chi connectivity index (χ0v) is 16.7. The van der Waals surface area contributed by atoms with Crippen LogP contribution in [0.4, 0.5) is 8.78 Å². The molecular weight excluding hydrogens is 406 g/mol. The van der Waals surface area contributed by atoms with E-state index in [1.807, 2.05) is 0 Å². The highest BCUT2D eigenvalue weighted by Crippen LogP contribution is 2.29. The van der Waals surface area contributed by atoms with Crippen molar-refractivity contribution in [1.82, 2.24) is 10.2 Å². The molecule has 0 radical (unpaired) electrons. The third-order valence-electron chi connectivity index (χ3n) is 4.02. The van der Waals surface area contributed by atoms with Crippen molar-refractivity contribution in [3.8, 4) is 11.5 Å². The van der Waals surface area contributed by atoms with Crippen LogP contribution < -0.4 is 14.8 Å². The molecule has 2 rings (SSSR count). The van der Waals surface area contributed by atoms with Gasteiger partial charge in [-0.15, -0.1) is 0 Å². The van der Waals surface area contributed by atoms with Gasteiger partial charge in [-0.3, -0.25) is 9.59 Å². The molecule has 0 fully saturated rings. The Morgan fingerprint density at radius 1 is 1.14 bits per heavy atom. The monoisotopic (exact) mass is 426 g/mol. The van der Waals surface area contributed by atoms with Crippen molar-refractivity contribution < 1.29 is 27.8 Å². The van der Waals surface area contributed by atoms with E-state index in [4.69, 9.17) is 16.3 Å². The zero-order valence-electron chi connectivity index (χ0n) is 16.0. The van der Waals surface area contributed by atoms with Gasteiger partial charge in [0, 0.05) is 37.1 Å². The molecule has 2 aromatic carbocycles. The van der Waals surface area contributed by atoms with Crippen LogP contribution in [-0.4, -0.2) is 44.0 Å². The molecule has 6 nitrogen and oxygen atoms in total. The minimum atomic E-state index is -2.98. The van der Waals surface area contributed by atoms with E-state index in [9.17, 15) is 18.4 Å². The van der Waals surface area contributed by atoms with E-state index in [1.165, 1.54) is 24.1 Å². The number of amides is 2. The van der Waals surface area contributed by atoms with Crippen molar-refractivity contribution in [2.75, 3.05) is 20.7 Å². The van der Waals surface area contributed by atoms with E-state index in [1.54, 1.807) is 37.4 Å². The van der Waals surface area contributed by atoms with Gasteiger partial charge in [0.25, 0.3) is 5.91 Å². The molecule has 0 unspecified atom stereocenters. The molecule has 0 aromatic heterocycles. The molecule has 0 aliphatic rings. The van der Waals surface area contributed by atoms with Crippen LogP contribution in [0.3, 0.4) is 0 Å². The molecule has 156 valence electrons. The summed E-state index contributed by atoms with van der Waals surface area (Å²) in [4.78, 5) is 25.7. The fourth-order valence-electron chi connectivity index (χ4n) is 2.55. The predicted molar refractivity (Wildman–Crippen MR) is 105 cm³/mol. The number of hydrogen-bond acceptors (Lipinski definition) is 4. The molecule has 0 heterocycles. The van der Waals surface area contributed by atoms with Gasteiger partial charge in [0.05, 0.1) is 7.11 Å². The molecule has 0 spiro atoms. The molecule has 9 heteroatoms. The molecule has 0 saturated carbocycles. The second-order valence-electron chi connectivity index (χ2n) is 6.13. The van der Waals surface area contributed by atoms with Gasteiger partial charge in [0.15, 0.2) is 11.5 Å². The maximum absolute atomic E-state index is 12.5. The summed E-state index contributed by atoms with van der Waals surface area (Å²) in [7, 11) is 2.93. The third kappa shape index (κ3) is 6.90. The summed E-state index contributed by atoms with van der Waals surface area (Å²) in [6.45, 7) is -2.64. The number of nitrogens with zero attached hydrogens (tertiary/aromatic N) is 1. The minimum Gasteiger partial charge on any atom is -0.493 e. The molecule has 0 atom stereocenters. The van der Waals surface area contributed by atoms with Crippen LogP contribution in [0.5, 0.6) is 11.5 Å². The molecular formula is C20H21ClF2N2O4. The van der Waals surface area contributed by atoms with Gasteiger partial charge in [0.1, 0.15) is 0 Å². The quantitative estimate of drug-likeness (QED) is 0.663. The van der Waals surface area contributed by atoms with E-state index in [0.717, 1.165) is 0 Å². The van der Waals surface area contributed by atoms with E-state index in [-0.39, 0.29) is 42.8 Å². The summed E-state index contributed by atoms with van der Waals surface area (Å²) < 4.78 is 34.5. The number of ether oxygens (including phenoxy) is 2. The topological polar surface area (TPSA) is 67.9 Å². The number of alkyl halides is 2. The van der Waals surface area contributed by atoms with Crippen LogP contribution >= 0.6 is 11.6 Å². The molecule has 2 amide bonds. The lowest BCUT2D eigenvalue weighted by atomic mass is 10.2. The highest BCUT2D eigenvalue weighted by atomic mass is 35.5. The lowest BCUT2D eigenvalue weighted by molar-refractivity contribution is -0.130.